The maximum atomic E-state index is 5.89. The van der Waals surface area contributed by atoms with Crippen LogP contribution < -0.4 is 0 Å². The normalized spacial score (nSPS) is 11.7. The molecule has 0 unspecified atom stereocenters. The van der Waals surface area contributed by atoms with Crippen LogP contribution in [-0.2, 0) is 11.8 Å². The van der Waals surface area contributed by atoms with E-state index in [1.165, 1.54) is 5.56 Å². The van der Waals surface area contributed by atoms with Gasteiger partial charge in [-0.15, -0.1) is 10.2 Å². The summed E-state index contributed by atoms with van der Waals surface area (Å²) in [6, 6.07) is 15.9. The van der Waals surface area contributed by atoms with Crippen molar-refractivity contribution in [3.05, 3.63) is 70.6 Å². The van der Waals surface area contributed by atoms with Crippen molar-refractivity contribution in [3.8, 4) is 11.5 Å². The predicted octanol–water partition coefficient (Wildman–Crippen LogP) is 5.28. The Bertz CT molecular complexity index is 783. The van der Waals surface area contributed by atoms with E-state index in [1.807, 2.05) is 36.4 Å². The molecule has 0 N–H and O–H groups in total. The zero-order chi connectivity index (χ0) is 16.4. The van der Waals surface area contributed by atoms with Crippen molar-refractivity contribution >= 4 is 11.6 Å². The highest BCUT2D eigenvalue weighted by Gasteiger charge is 2.14. The van der Waals surface area contributed by atoms with Crippen LogP contribution in [0.4, 0.5) is 0 Å². The van der Waals surface area contributed by atoms with Crippen molar-refractivity contribution in [2.24, 2.45) is 0 Å². The van der Waals surface area contributed by atoms with Gasteiger partial charge in [-0.05, 0) is 40.8 Å². The molecule has 3 aromatic rings. The number of rotatable bonds is 3. The van der Waals surface area contributed by atoms with Gasteiger partial charge in [0.15, 0.2) is 0 Å². The van der Waals surface area contributed by atoms with Gasteiger partial charge >= 0.3 is 0 Å². The highest BCUT2D eigenvalue weighted by Crippen LogP contribution is 2.26. The highest BCUT2D eigenvalue weighted by molar-refractivity contribution is 6.30. The van der Waals surface area contributed by atoms with Crippen LogP contribution in [0.25, 0.3) is 11.5 Å². The Morgan fingerprint density at radius 1 is 0.913 bits per heavy atom. The fourth-order valence-corrected chi connectivity index (χ4v) is 2.46. The summed E-state index contributed by atoms with van der Waals surface area (Å²) in [4.78, 5) is 0. The third-order valence-corrected chi connectivity index (χ3v) is 3.99. The average Bonchev–Trinajstić information content (AvgIpc) is 2.97. The number of nitrogens with zero attached hydrogens (tertiary/aromatic N) is 2. The topological polar surface area (TPSA) is 38.9 Å². The van der Waals surface area contributed by atoms with E-state index in [0.29, 0.717) is 18.2 Å². The van der Waals surface area contributed by atoms with Gasteiger partial charge in [0, 0.05) is 10.6 Å². The van der Waals surface area contributed by atoms with Crippen LogP contribution in [0.1, 0.15) is 37.8 Å². The van der Waals surface area contributed by atoms with E-state index in [1.54, 1.807) is 0 Å². The zero-order valence-electron chi connectivity index (χ0n) is 13.5. The van der Waals surface area contributed by atoms with Crippen LogP contribution >= 0.6 is 11.6 Å². The molecule has 0 amide bonds. The molecular weight excluding hydrogens is 308 g/mol. The van der Waals surface area contributed by atoms with Crippen LogP contribution in [0.5, 0.6) is 0 Å². The summed E-state index contributed by atoms with van der Waals surface area (Å²) < 4.78 is 5.77. The van der Waals surface area contributed by atoms with Crippen molar-refractivity contribution in [1.82, 2.24) is 10.2 Å². The monoisotopic (exact) mass is 326 g/mol. The molecule has 0 saturated heterocycles. The third-order valence-electron chi connectivity index (χ3n) is 3.73. The first-order valence-electron chi connectivity index (χ1n) is 7.59. The molecule has 0 atom stereocenters. The quantitative estimate of drug-likeness (QED) is 0.657. The van der Waals surface area contributed by atoms with E-state index < -0.39 is 0 Å². The molecule has 3 rings (SSSR count). The van der Waals surface area contributed by atoms with Crippen molar-refractivity contribution in [2.75, 3.05) is 0 Å². The molecule has 2 aromatic carbocycles. The van der Waals surface area contributed by atoms with Gasteiger partial charge in [0.2, 0.25) is 11.8 Å². The molecule has 1 heterocycles. The van der Waals surface area contributed by atoms with Crippen molar-refractivity contribution in [3.63, 3.8) is 0 Å². The molecule has 1 aromatic heterocycles. The van der Waals surface area contributed by atoms with Crippen LogP contribution in [0, 0.1) is 0 Å². The second-order valence-electron chi connectivity index (χ2n) is 6.63. The summed E-state index contributed by atoms with van der Waals surface area (Å²) >= 11 is 5.89. The largest absolute Gasteiger partial charge is 0.420 e. The molecule has 0 aliphatic rings. The fourth-order valence-electron chi connectivity index (χ4n) is 2.33. The van der Waals surface area contributed by atoms with E-state index in [-0.39, 0.29) is 5.41 Å². The van der Waals surface area contributed by atoms with E-state index in [9.17, 15) is 0 Å². The predicted molar refractivity (Wildman–Crippen MR) is 92.7 cm³/mol. The number of hydrogen-bond donors (Lipinski definition) is 0. The van der Waals surface area contributed by atoms with Gasteiger partial charge in [0.05, 0.1) is 6.42 Å². The van der Waals surface area contributed by atoms with E-state index in [4.69, 9.17) is 16.0 Å². The number of aromatic nitrogens is 2. The Morgan fingerprint density at radius 2 is 1.57 bits per heavy atom. The van der Waals surface area contributed by atoms with Crippen LogP contribution in [-0.4, -0.2) is 10.2 Å². The molecule has 3 nitrogen and oxygen atoms in total. The van der Waals surface area contributed by atoms with Crippen molar-refractivity contribution in [1.29, 1.82) is 0 Å². The first-order chi connectivity index (χ1) is 10.9. The Balaban J connectivity index is 1.77. The van der Waals surface area contributed by atoms with E-state index in [2.05, 4.69) is 43.1 Å². The second kappa shape index (κ2) is 6.17. The summed E-state index contributed by atoms with van der Waals surface area (Å²) in [6.45, 7) is 6.58. The lowest BCUT2D eigenvalue weighted by atomic mass is 9.87. The van der Waals surface area contributed by atoms with Crippen LogP contribution in [0.2, 0.25) is 5.02 Å². The lowest BCUT2D eigenvalue weighted by molar-refractivity contribution is 0.518. The van der Waals surface area contributed by atoms with Crippen molar-refractivity contribution < 1.29 is 4.42 Å². The van der Waals surface area contributed by atoms with Crippen LogP contribution in [0.15, 0.2) is 52.9 Å². The lowest BCUT2D eigenvalue weighted by Crippen LogP contribution is -2.10. The Kier molecular flexibility index (Phi) is 4.22. The molecule has 0 fully saturated rings. The van der Waals surface area contributed by atoms with Gasteiger partial charge in [0.1, 0.15) is 0 Å². The Morgan fingerprint density at radius 3 is 2.17 bits per heavy atom. The summed E-state index contributed by atoms with van der Waals surface area (Å²) in [5.74, 6) is 1.15. The van der Waals surface area contributed by atoms with E-state index in [0.717, 1.165) is 16.1 Å². The molecule has 0 aliphatic carbocycles. The molecule has 0 spiro atoms. The summed E-state index contributed by atoms with van der Waals surface area (Å²) in [7, 11) is 0. The Labute approximate surface area is 141 Å². The average molecular weight is 327 g/mol. The first kappa shape index (κ1) is 15.8. The zero-order valence-corrected chi connectivity index (χ0v) is 14.3. The van der Waals surface area contributed by atoms with Gasteiger partial charge in [-0.3, -0.25) is 0 Å². The lowest BCUT2D eigenvalue weighted by Gasteiger charge is -2.18. The molecule has 4 heteroatoms. The van der Waals surface area contributed by atoms with Crippen molar-refractivity contribution in [2.45, 2.75) is 32.6 Å². The molecule has 0 saturated carbocycles. The summed E-state index contributed by atoms with van der Waals surface area (Å²) in [5.41, 5.74) is 3.44. The second-order valence-corrected chi connectivity index (χ2v) is 7.07. The smallest absolute Gasteiger partial charge is 0.247 e. The van der Waals surface area contributed by atoms with Gasteiger partial charge in [-0.2, -0.15) is 0 Å². The van der Waals surface area contributed by atoms with Gasteiger partial charge < -0.3 is 4.42 Å². The van der Waals surface area contributed by atoms with Crippen LogP contribution in [0.3, 0.4) is 0 Å². The molecule has 0 aliphatic heterocycles. The van der Waals surface area contributed by atoms with Gasteiger partial charge in [0.25, 0.3) is 0 Å². The fraction of sp³-hybridized carbons (Fsp3) is 0.263. The minimum atomic E-state index is 0.132. The summed E-state index contributed by atoms with van der Waals surface area (Å²) in [5, 5.41) is 9.00. The summed E-state index contributed by atoms with van der Waals surface area (Å²) in [6.07, 6.45) is 0.601. The SMILES string of the molecule is CC(C)(C)c1ccc(-c2nnc(Cc3ccc(Cl)cc3)o2)cc1. The maximum absolute atomic E-state index is 5.89. The molecule has 23 heavy (non-hydrogen) atoms. The molecular formula is C19H19ClN2O. The minimum absolute atomic E-state index is 0.132. The third kappa shape index (κ3) is 3.80. The number of halogens is 1. The minimum Gasteiger partial charge on any atom is -0.420 e. The molecule has 0 bridgehead atoms. The number of hydrogen-bond acceptors (Lipinski definition) is 3. The molecule has 0 radical (unpaired) electrons. The van der Waals surface area contributed by atoms with E-state index >= 15 is 0 Å². The highest BCUT2D eigenvalue weighted by atomic mass is 35.5. The number of benzene rings is 2. The van der Waals surface area contributed by atoms with Gasteiger partial charge in [-0.1, -0.05) is 56.6 Å². The maximum Gasteiger partial charge on any atom is 0.247 e. The first-order valence-corrected chi connectivity index (χ1v) is 7.97. The Hall–Kier alpha value is -2.13. The van der Waals surface area contributed by atoms with Gasteiger partial charge in [-0.25, -0.2) is 0 Å². The molecule has 118 valence electrons. The standard InChI is InChI=1S/C19H19ClN2O/c1-19(2,3)15-8-6-14(7-9-15)18-22-21-17(23-18)12-13-4-10-16(20)11-5-13/h4-11H,12H2,1-3H3.